The predicted octanol–water partition coefficient (Wildman–Crippen LogP) is 1.56. The van der Waals surface area contributed by atoms with Crippen LogP contribution in [0.1, 0.15) is 47.7 Å². The monoisotopic (exact) mass is 289 g/mol. The van der Waals surface area contributed by atoms with E-state index < -0.39 is 18.0 Å². The highest BCUT2D eigenvalue weighted by molar-refractivity contribution is 5.98. The molecule has 2 N–H and O–H groups in total. The second-order valence-corrected chi connectivity index (χ2v) is 5.29. The van der Waals surface area contributed by atoms with E-state index in [4.69, 9.17) is 10.5 Å². The Bertz CT molecular complexity index is 580. The van der Waals surface area contributed by atoms with Crippen molar-refractivity contribution in [3.63, 3.8) is 0 Å². The lowest BCUT2D eigenvalue weighted by molar-refractivity contribution is -0.153. The van der Waals surface area contributed by atoms with Gasteiger partial charge in [-0.3, -0.25) is 14.4 Å². The van der Waals surface area contributed by atoms with Crippen LogP contribution in [0.5, 0.6) is 0 Å². The zero-order chi connectivity index (χ0) is 15.4. The number of carbonyl (C=O) groups is 3. The number of esters is 1. The fourth-order valence-corrected chi connectivity index (χ4v) is 2.42. The van der Waals surface area contributed by atoms with Crippen LogP contribution in [-0.4, -0.2) is 23.8 Å². The van der Waals surface area contributed by atoms with E-state index in [2.05, 4.69) is 0 Å². The van der Waals surface area contributed by atoms with Crippen LogP contribution in [0.3, 0.4) is 0 Å². The van der Waals surface area contributed by atoms with Crippen molar-refractivity contribution in [2.45, 2.75) is 45.1 Å². The second kappa shape index (κ2) is 6.52. The van der Waals surface area contributed by atoms with Crippen molar-refractivity contribution in [1.82, 2.24) is 0 Å². The molecule has 1 unspecified atom stereocenters. The number of ether oxygens (including phenoxy) is 1. The minimum Gasteiger partial charge on any atom is -0.453 e. The predicted molar refractivity (Wildman–Crippen MR) is 76.8 cm³/mol. The Morgan fingerprint density at radius 1 is 1.19 bits per heavy atom. The zero-order valence-corrected chi connectivity index (χ0v) is 12.1. The Balaban J connectivity index is 1.87. The molecule has 5 heteroatoms. The second-order valence-electron chi connectivity index (χ2n) is 5.29. The number of Topliss-reactive ketones (excluding diaryl/α,β-unsaturated/α-hetero) is 1. The highest BCUT2D eigenvalue weighted by Crippen LogP contribution is 2.23. The topological polar surface area (TPSA) is 86.5 Å². The van der Waals surface area contributed by atoms with Crippen LogP contribution >= 0.6 is 0 Å². The van der Waals surface area contributed by atoms with Crippen molar-refractivity contribution >= 4 is 17.7 Å². The Labute approximate surface area is 123 Å². The van der Waals surface area contributed by atoms with Crippen LogP contribution in [0.2, 0.25) is 0 Å². The van der Waals surface area contributed by atoms with Crippen molar-refractivity contribution in [1.29, 1.82) is 0 Å². The van der Waals surface area contributed by atoms with E-state index in [0.717, 1.165) is 19.3 Å². The molecule has 112 valence electrons. The summed E-state index contributed by atoms with van der Waals surface area (Å²) in [6.45, 7) is 1.41. The summed E-state index contributed by atoms with van der Waals surface area (Å²) in [5.41, 5.74) is 8.17. The van der Waals surface area contributed by atoms with Crippen LogP contribution < -0.4 is 5.73 Å². The molecule has 0 radical (unpaired) electrons. The van der Waals surface area contributed by atoms with E-state index in [1.54, 1.807) is 0 Å². The van der Waals surface area contributed by atoms with Crippen molar-refractivity contribution in [2.75, 3.05) is 0 Å². The van der Waals surface area contributed by atoms with Crippen molar-refractivity contribution in [3.05, 3.63) is 34.9 Å². The number of rotatable bonds is 6. The summed E-state index contributed by atoms with van der Waals surface area (Å²) in [4.78, 5) is 34.3. The van der Waals surface area contributed by atoms with Crippen LogP contribution in [0.4, 0.5) is 0 Å². The molecule has 0 aromatic heterocycles. The molecule has 0 saturated carbocycles. The molecular formula is C16H19NO4. The lowest BCUT2D eigenvalue weighted by atomic mass is 10.0. The Morgan fingerprint density at radius 2 is 1.90 bits per heavy atom. The molecule has 1 aromatic rings. The van der Waals surface area contributed by atoms with Crippen LogP contribution in [0, 0.1) is 0 Å². The number of benzene rings is 1. The van der Waals surface area contributed by atoms with Gasteiger partial charge in [-0.15, -0.1) is 0 Å². The zero-order valence-electron chi connectivity index (χ0n) is 12.1. The minimum absolute atomic E-state index is 0.0481. The average molecular weight is 289 g/mol. The van der Waals surface area contributed by atoms with E-state index in [0.29, 0.717) is 5.56 Å². The molecule has 0 aliphatic heterocycles. The van der Waals surface area contributed by atoms with Gasteiger partial charge in [0.2, 0.25) is 0 Å². The van der Waals surface area contributed by atoms with E-state index in [1.807, 2.05) is 18.2 Å². The van der Waals surface area contributed by atoms with E-state index in [-0.39, 0.29) is 18.6 Å². The van der Waals surface area contributed by atoms with Gasteiger partial charge in [0.05, 0.1) is 6.42 Å². The number of aryl methyl sites for hydroxylation is 2. The first-order chi connectivity index (χ1) is 9.97. The number of amides is 1. The normalized spacial score (nSPS) is 14.3. The molecule has 0 spiro atoms. The first-order valence-electron chi connectivity index (χ1n) is 7.11. The van der Waals surface area contributed by atoms with E-state index in [9.17, 15) is 14.4 Å². The van der Waals surface area contributed by atoms with Gasteiger partial charge in [-0.2, -0.15) is 0 Å². The first-order valence-corrected chi connectivity index (χ1v) is 7.11. The van der Waals surface area contributed by atoms with Crippen molar-refractivity contribution in [2.24, 2.45) is 5.73 Å². The van der Waals surface area contributed by atoms with Gasteiger partial charge >= 0.3 is 5.97 Å². The van der Waals surface area contributed by atoms with Gasteiger partial charge in [0.25, 0.3) is 5.91 Å². The van der Waals surface area contributed by atoms with Gasteiger partial charge in [0.1, 0.15) is 0 Å². The highest BCUT2D eigenvalue weighted by Gasteiger charge is 2.17. The average Bonchev–Trinajstić information content (AvgIpc) is 2.91. The molecule has 1 aromatic carbocycles. The molecule has 1 aliphatic rings. The molecule has 1 aliphatic carbocycles. The quantitative estimate of drug-likeness (QED) is 0.636. The molecular weight excluding hydrogens is 270 g/mol. The third kappa shape index (κ3) is 3.90. The van der Waals surface area contributed by atoms with E-state index >= 15 is 0 Å². The molecule has 5 nitrogen and oxygen atoms in total. The summed E-state index contributed by atoms with van der Waals surface area (Å²) >= 11 is 0. The summed E-state index contributed by atoms with van der Waals surface area (Å²) in [6.07, 6.45) is 2.27. The summed E-state index contributed by atoms with van der Waals surface area (Å²) < 4.78 is 4.81. The summed E-state index contributed by atoms with van der Waals surface area (Å²) in [7, 11) is 0. The smallest absolute Gasteiger partial charge is 0.307 e. The van der Waals surface area contributed by atoms with Crippen LogP contribution in [0.25, 0.3) is 0 Å². The minimum atomic E-state index is -0.965. The molecule has 0 saturated heterocycles. The summed E-state index contributed by atoms with van der Waals surface area (Å²) in [5.74, 6) is -1.38. The maximum atomic E-state index is 12.1. The summed E-state index contributed by atoms with van der Waals surface area (Å²) in [5, 5.41) is 0. The van der Waals surface area contributed by atoms with Crippen LogP contribution in [-0.2, 0) is 27.2 Å². The molecule has 0 fully saturated rings. The largest absolute Gasteiger partial charge is 0.453 e. The Kier molecular flexibility index (Phi) is 4.73. The third-order valence-corrected chi connectivity index (χ3v) is 3.69. The van der Waals surface area contributed by atoms with Crippen LogP contribution in [0.15, 0.2) is 18.2 Å². The Morgan fingerprint density at radius 3 is 2.62 bits per heavy atom. The molecule has 21 heavy (non-hydrogen) atoms. The first kappa shape index (κ1) is 15.2. The van der Waals surface area contributed by atoms with Gasteiger partial charge in [0, 0.05) is 12.0 Å². The molecule has 0 heterocycles. The maximum absolute atomic E-state index is 12.1. The van der Waals surface area contributed by atoms with Gasteiger partial charge < -0.3 is 10.5 Å². The molecule has 1 amide bonds. The lowest BCUT2D eigenvalue weighted by Crippen LogP contribution is -2.30. The van der Waals surface area contributed by atoms with Gasteiger partial charge in [-0.25, -0.2) is 0 Å². The van der Waals surface area contributed by atoms with Crippen molar-refractivity contribution in [3.8, 4) is 0 Å². The fourth-order valence-electron chi connectivity index (χ4n) is 2.42. The molecule has 1 atom stereocenters. The number of hydrogen-bond donors (Lipinski definition) is 1. The SMILES string of the molecule is CC(OC(=O)CCC(=O)c1ccc2c(c1)CCC2)C(N)=O. The maximum Gasteiger partial charge on any atom is 0.307 e. The van der Waals surface area contributed by atoms with Gasteiger partial charge in [-0.05, 0) is 43.4 Å². The fraction of sp³-hybridized carbons (Fsp3) is 0.438. The third-order valence-electron chi connectivity index (χ3n) is 3.69. The molecule has 0 bridgehead atoms. The number of carbonyl (C=O) groups excluding carboxylic acids is 3. The van der Waals surface area contributed by atoms with E-state index in [1.165, 1.54) is 18.1 Å². The Hall–Kier alpha value is -2.17. The number of ketones is 1. The summed E-state index contributed by atoms with van der Waals surface area (Å²) in [6, 6.07) is 5.72. The van der Waals surface area contributed by atoms with Gasteiger partial charge in [0.15, 0.2) is 11.9 Å². The number of fused-ring (bicyclic) bond motifs is 1. The number of hydrogen-bond acceptors (Lipinski definition) is 4. The number of nitrogens with two attached hydrogens (primary N) is 1. The highest BCUT2D eigenvalue weighted by atomic mass is 16.5. The number of primary amides is 1. The molecule has 2 rings (SSSR count). The lowest BCUT2D eigenvalue weighted by Gasteiger charge is -2.09. The standard InChI is InChI=1S/C16H19NO4/c1-10(16(17)20)21-15(19)8-7-14(18)13-6-5-11-3-2-4-12(11)9-13/h5-6,9-10H,2-4,7-8H2,1H3,(H2,17,20). The van der Waals surface area contributed by atoms with Gasteiger partial charge in [-0.1, -0.05) is 12.1 Å². The van der Waals surface area contributed by atoms with Crippen molar-refractivity contribution < 1.29 is 19.1 Å².